The lowest BCUT2D eigenvalue weighted by Crippen LogP contribution is -2.39. The van der Waals surface area contributed by atoms with Gasteiger partial charge >= 0.3 is 6.03 Å². The zero-order chi connectivity index (χ0) is 14.8. The Hall–Kier alpha value is -2.04. The van der Waals surface area contributed by atoms with Gasteiger partial charge in [-0.2, -0.15) is 0 Å². The molecule has 0 radical (unpaired) electrons. The van der Waals surface area contributed by atoms with Gasteiger partial charge < -0.3 is 10.4 Å². The molecule has 0 aliphatic carbocycles. The molecule has 1 atom stereocenters. The second kappa shape index (κ2) is 5.76. The van der Waals surface area contributed by atoms with E-state index in [1.165, 1.54) is 0 Å². The van der Waals surface area contributed by atoms with Crippen molar-refractivity contribution in [1.82, 2.24) is 0 Å². The van der Waals surface area contributed by atoms with Crippen LogP contribution in [0.15, 0.2) is 48.5 Å². The van der Waals surface area contributed by atoms with Crippen LogP contribution in [0.25, 0.3) is 0 Å². The highest BCUT2D eigenvalue weighted by Gasteiger charge is 2.27. The molecule has 5 heteroatoms. The van der Waals surface area contributed by atoms with E-state index in [9.17, 15) is 9.90 Å². The summed E-state index contributed by atoms with van der Waals surface area (Å²) in [6.45, 7) is 0.467. The lowest BCUT2D eigenvalue weighted by atomic mass is 9.99. The van der Waals surface area contributed by atoms with Gasteiger partial charge in [0, 0.05) is 22.8 Å². The topological polar surface area (TPSA) is 52.6 Å². The molecule has 21 heavy (non-hydrogen) atoms. The van der Waals surface area contributed by atoms with Crippen LogP contribution in [-0.4, -0.2) is 17.7 Å². The van der Waals surface area contributed by atoms with Crippen LogP contribution in [0.3, 0.4) is 0 Å². The van der Waals surface area contributed by atoms with Crippen LogP contribution in [0.4, 0.5) is 16.2 Å². The number of para-hydroxylation sites is 1. The van der Waals surface area contributed by atoms with E-state index in [1.54, 1.807) is 23.1 Å². The summed E-state index contributed by atoms with van der Waals surface area (Å²) in [5.41, 5.74) is 2.13. The van der Waals surface area contributed by atoms with Crippen LogP contribution in [0.2, 0.25) is 5.02 Å². The summed E-state index contributed by atoms with van der Waals surface area (Å²) in [4.78, 5) is 14.1. The number of fused-ring (bicyclic) bond motifs is 1. The fraction of sp³-hybridized carbons (Fsp3) is 0.188. The third-order valence-corrected chi connectivity index (χ3v) is 3.77. The Morgan fingerprint density at radius 3 is 2.76 bits per heavy atom. The Balaban J connectivity index is 1.87. The van der Waals surface area contributed by atoms with Gasteiger partial charge in [0.05, 0.1) is 11.8 Å². The van der Waals surface area contributed by atoms with Crippen molar-refractivity contribution in [1.29, 1.82) is 0 Å². The first-order valence-corrected chi connectivity index (χ1v) is 7.14. The standard InChI is InChI=1S/C16H15ClN2O2/c17-11-6-7-14-13(10-11)15(20)8-9-19(14)16(21)18-12-4-2-1-3-5-12/h1-7,10,15,20H,8-9H2,(H,18,21). The number of nitrogens with zero attached hydrogens (tertiary/aromatic N) is 1. The van der Waals surface area contributed by atoms with Crippen molar-refractivity contribution in [3.63, 3.8) is 0 Å². The Kier molecular flexibility index (Phi) is 3.82. The Morgan fingerprint density at radius 2 is 2.00 bits per heavy atom. The monoisotopic (exact) mass is 302 g/mol. The van der Waals surface area contributed by atoms with Crippen molar-refractivity contribution in [2.45, 2.75) is 12.5 Å². The molecule has 2 aromatic carbocycles. The van der Waals surface area contributed by atoms with E-state index < -0.39 is 6.10 Å². The number of aliphatic hydroxyl groups excluding tert-OH is 1. The molecular formula is C16H15ClN2O2. The molecule has 2 N–H and O–H groups in total. The fourth-order valence-electron chi connectivity index (χ4n) is 2.49. The van der Waals surface area contributed by atoms with E-state index in [0.29, 0.717) is 29.2 Å². The minimum Gasteiger partial charge on any atom is -0.388 e. The summed E-state index contributed by atoms with van der Waals surface area (Å²) < 4.78 is 0. The molecule has 3 rings (SSSR count). The van der Waals surface area contributed by atoms with Gasteiger partial charge in [0.25, 0.3) is 0 Å². The number of carbonyl (C=O) groups is 1. The minimum atomic E-state index is -0.584. The molecule has 0 saturated carbocycles. The normalized spacial score (nSPS) is 17.2. The highest BCUT2D eigenvalue weighted by molar-refractivity contribution is 6.30. The second-order valence-corrected chi connectivity index (χ2v) is 5.39. The largest absolute Gasteiger partial charge is 0.388 e. The fourth-order valence-corrected chi connectivity index (χ4v) is 2.67. The van der Waals surface area contributed by atoms with Crippen LogP contribution < -0.4 is 10.2 Å². The number of halogens is 1. The third-order valence-electron chi connectivity index (χ3n) is 3.54. The molecule has 0 saturated heterocycles. The van der Waals surface area contributed by atoms with E-state index >= 15 is 0 Å². The maximum absolute atomic E-state index is 12.4. The quantitative estimate of drug-likeness (QED) is 0.841. The number of rotatable bonds is 1. The molecule has 0 fully saturated rings. The maximum Gasteiger partial charge on any atom is 0.326 e. The van der Waals surface area contributed by atoms with Gasteiger partial charge in [-0.1, -0.05) is 29.8 Å². The predicted molar refractivity (Wildman–Crippen MR) is 83.8 cm³/mol. The van der Waals surface area contributed by atoms with Gasteiger partial charge in [-0.05, 0) is 36.8 Å². The summed E-state index contributed by atoms with van der Waals surface area (Å²) >= 11 is 5.97. The number of urea groups is 1. The molecular weight excluding hydrogens is 288 g/mol. The molecule has 2 aromatic rings. The average molecular weight is 303 g/mol. The summed E-state index contributed by atoms with van der Waals surface area (Å²) in [6.07, 6.45) is -0.0882. The Labute approximate surface area is 128 Å². The van der Waals surface area contributed by atoms with E-state index in [-0.39, 0.29) is 6.03 Å². The van der Waals surface area contributed by atoms with E-state index in [4.69, 9.17) is 11.6 Å². The van der Waals surface area contributed by atoms with Crippen LogP contribution in [0.5, 0.6) is 0 Å². The number of nitrogens with one attached hydrogen (secondary N) is 1. The number of hydrogen-bond acceptors (Lipinski definition) is 2. The second-order valence-electron chi connectivity index (χ2n) is 4.96. The molecule has 1 unspecified atom stereocenters. The average Bonchev–Trinajstić information content (AvgIpc) is 2.49. The number of benzene rings is 2. The molecule has 1 aliphatic rings. The lowest BCUT2D eigenvalue weighted by molar-refractivity contribution is 0.164. The van der Waals surface area contributed by atoms with Gasteiger partial charge in [0.2, 0.25) is 0 Å². The van der Waals surface area contributed by atoms with Crippen molar-refractivity contribution >= 4 is 29.0 Å². The van der Waals surface area contributed by atoms with Crippen LogP contribution in [0, 0.1) is 0 Å². The van der Waals surface area contributed by atoms with Crippen molar-refractivity contribution in [2.24, 2.45) is 0 Å². The van der Waals surface area contributed by atoms with Crippen LogP contribution in [0.1, 0.15) is 18.1 Å². The van der Waals surface area contributed by atoms with Crippen molar-refractivity contribution < 1.29 is 9.90 Å². The number of anilines is 2. The zero-order valence-corrected chi connectivity index (χ0v) is 12.0. The molecule has 0 aromatic heterocycles. The van der Waals surface area contributed by atoms with E-state index in [0.717, 1.165) is 5.69 Å². The molecule has 1 heterocycles. The number of aliphatic hydroxyl groups is 1. The molecule has 108 valence electrons. The smallest absolute Gasteiger partial charge is 0.326 e. The molecule has 4 nitrogen and oxygen atoms in total. The van der Waals surface area contributed by atoms with Gasteiger partial charge in [-0.15, -0.1) is 0 Å². The van der Waals surface area contributed by atoms with Crippen LogP contribution in [-0.2, 0) is 0 Å². The summed E-state index contributed by atoms with van der Waals surface area (Å²) in [5, 5.41) is 13.5. The lowest BCUT2D eigenvalue weighted by Gasteiger charge is -2.32. The van der Waals surface area contributed by atoms with Gasteiger partial charge in [0.1, 0.15) is 0 Å². The Bertz CT molecular complexity index is 661. The molecule has 0 bridgehead atoms. The highest BCUT2D eigenvalue weighted by atomic mass is 35.5. The van der Waals surface area contributed by atoms with E-state index in [2.05, 4.69) is 5.32 Å². The number of hydrogen-bond donors (Lipinski definition) is 2. The maximum atomic E-state index is 12.4. The van der Waals surface area contributed by atoms with Gasteiger partial charge in [-0.3, -0.25) is 4.90 Å². The third kappa shape index (κ3) is 2.86. The SMILES string of the molecule is O=C(Nc1ccccc1)N1CCC(O)c2cc(Cl)ccc21. The number of carbonyl (C=O) groups excluding carboxylic acids is 1. The predicted octanol–water partition coefficient (Wildman–Crippen LogP) is 3.82. The molecule has 1 aliphatic heterocycles. The summed E-state index contributed by atoms with van der Waals surface area (Å²) in [7, 11) is 0. The highest BCUT2D eigenvalue weighted by Crippen LogP contribution is 2.35. The van der Waals surface area contributed by atoms with Crippen molar-refractivity contribution in [3.05, 3.63) is 59.1 Å². The minimum absolute atomic E-state index is 0.211. The molecule has 0 spiro atoms. The van der Waals surface area contributed by atoms with Crippen molar-refractivity contribution in [2.75, 3.05) is 16.8 Å². The first kappa shape index (κ1) is 13.9. The van der Waals surface area contributed by atoms with Gasteiger partial charge in [0.15, 0.2) is 0 Å². The Morgan fingerprint density at radius 1 is 1.24 bits per heavy atom. The van der Waals surface area contributed by atoms with Crippen LogP contribution >= 0.6 is 11.6 Å². The van der Waals surface area contributed by atoms with Crippen molar-refractivity contribution in [3.8, 4) is 0 Å². The molecule has 2 amide bonds. The van der Waals surface area contributed by atoms with Gasteiger partial charge in [-0.25, -0.2) is 4.79 Å². The first-order valence-electron chi connectivity index (χ1n) is 6.76. The number of amides is 2. The zero-order valence-electron chi connectivity index (χ0n) is 11.3. The van der Waals surface area contributed by atoms with E-state index in [1.807, 2.05) is 30.3 Å². The summed E-state index contributed by atoms with van der Waals surface area (Å²) in [5.74, 6) is 0. The summed E-state index contributed by atoms with van der Waals surface area (Å²) in [6, 6.07) is 14.3. The first-order chi connectivity index (χ1) is 10.1.